The maximum absolute atomic E-state index is 11.4. The molecule has 0 radical (unpaired) electrons. The molecule has 6 nitrogen and oxygen atoms in total. The fraction of sp³-hybridized carbons (Fsp3) is 0.333. The van der Waals surface area contributed by atoms with Gasteiger partial charge in [0.1, 0.15) is 11.9 Å². The van der Waals surface area contributed by atoms with Gasteiger partial charge in [-0.05, 0) is 38.5 Å². The van der Waals surface area contributed by atoms with Gasteiger partial charge in [-0.2, -0.15) is 0 Å². The largest absolute Gasteiger partial charge is 0.493 e. The van der Waals surface area contributed by atoms with Crippen LogP contribution in [0, 0.1) is 24.0 Å². The van der Waals surface area contributed by atoms with E-state index in [-0.39, 0.29) is 5.69 Å². The Hall–Kier alpha value is -2.76. The summed E-state index contributed by atoms with van der Waals surface area (Å²) in [6.07, 6.45) is -0.522. The zero-order valence-corrected chi connectivity index (χ0v) is 14.5. The molecule has 1 atom stereocenters. The fourth-order valence-electron chi connectivity index (χ4n) is 2.55. The molecule has 0 heterocycles. The molecule has 1 unspecified atom stereocenters. The second-order valence-corrected chi connectivity index (χ2v) is 5.55. The van der Waals surface area contributed by atoms with E-state index in [4.69, 9.17) is 14.2 Å². The third-order valence-electron chi connectivity index (χ3n) is 3.80. The van der Waals surface area contributed by atoms with Crippen LogP contribution >= 0.6 is 0 Å². The first-order chi connectivity index (χ1) is 11.4. The molecule has 0 spiro atoms. The Kier molecular flexibility index (Phi) is 5.28. The van der Waals surface area contributed by atoms with Crippen LogP contribution in [-0.4, -0.2) is 19.1 Å². The molecule has 0 aliphatic heterocycles. The summed E-state index contributed by atoms with van der Waals surface area (Å²) < 4.78 is 16.3. The number of nitro groups is 1. The zero-order chi connectivity index (χ0) is 17.9. The molecule has 0 fully saturated rings. The third kappa shape index (κ3) is 3.59. The van der Waals surface area contributed by atoms with Gasteiger partial charge in [0.15, 0.2) is 11.5 Å². The molecule has 2 aromatic carbocycles. The maximum Gasteiger partial charge on any atom is 0.280 e. The van der Waals surface area contributed by atoms with E-state index in [9.17, 15) is 10.1 Å². The van der Waals surface area contributed by atoms with Crippen LogP contribution in [0.4, 0.5) is 5.69 Å². The van der Waals surface area contributed by atoms with Crippen molar-refractivity contribution in [2.75, 3.05) is 14.2 Å². The van der Waals surface area contributed by atoms with Crippen molar-refractivity contribution in [2.24, 2.45) is 0 Å². The van der Waals surface area contributed by atoms with Crippen LogP contribution in [0.1, 0.15) is 29.7 Å². The minimum atomic E-state index is -0.522. The number of benzene rings is 2. The van der Waals surface area contributed by atoms with Gasteiger partial charge >= 0.3 is 0 Å². The van der Waals surface area contributed by atoms with E-state index in [1.807, 2.05) is 32.0 Å². The minimum absolute atomic E-state index is 0.0649. The summed E-state index contributed by atoms with van der Waals surface area (Å²) in [5.41, 5.74) is 2.47. The smallest absolute Gasteiger partial charge is 0.280 e. The highest BCUT2D eigenvalue weighted by Gasteiger charge is 2.24. The molecule has 0 saturated carbocycles. The lowest BCUT2D eigenvalue weighted by molar-refractivity contribution is -0.386. The lowest BCUT2D eigenvalue weighted by Gasteiger charge is -2.18. The zero-order valence-electron chi connectivity index (χ0n) is 14.5. The summed E-state index contributed by atoms with van der Waals surface area (Å²) in [6, 6.07) is 8.76. The summed E-state index contributed by atoms with van der Waals surface area (Å²) in [5, 5.41) is 11.4. The molecule has 0 aliphatic carbocycles. The van der Waals surface area contributed by atoms with Crippen molar-refractivity contribution in [3.8, 4) is 17.2 Å². The highest BCUT2D eigenvalue weighted by Crippen LogP contribution is 2.38. The van der Waals surface area contributed by atoms with Gasteiger partial charge in [0, 0.05) is 0 Å². The average Bonchev–Trinajstić information content (AvgIpc) is 2.55. The number of methoxy groups -OCH3 is 2. The Labute approximate surface area is 141 Å². The standard InChI is InChI=1S/C18H21NO5/c1-11-6-7-16(12(2)8-11)24-13(3)14-9-17(22-4)18(23-5)10-15(14)19(20)21/h6-10,13H,1-5H3. The molecule has 24 heavy (non-hydrogen) atoms. The molecule has 2 aromatic rings. The highest BCUT2D eigenvalue weighted by atomic mass is 16.6. The van der Waals surface area contributed by atoms with Crippen LogP contribution in [0.3, 0.4) is 0 Å². The van der Waals surface area contributed by atoms with Gasteiger partial charge in [-0.1, -0.05) is 17.7 Å². The van der Waals surface area contributed by atoms with Crippen molar-refractivity contribution in [3.05, 3.63) is 57.1 Å². The number of nitrogens with zero attached hydrogens (tertiary/aromatic N) is 1. The lowest BCUT2D eigenvalue weighted by atomic mass is 10.1. The lowest BCUT2D eigenvalue weighted by Crippen LogP contribution is -2.08. The molecular formula is C18H21NO5. The molecule has 2 rings (SSSR count). The highest BCUT2D eigenvalue weighted by molar-refractivity contribution is 5.55. The van der Waals surface area contributed by atoms with Gasteiger partial charge in [0.05, 0.1) is 30.8 Å². The van der Waals surface area contributed by atoms with Crippen LogP contribution in [0.5, 0.6) is 17.2 Å². The number of hydrogen-bond acceptors (Lipinski definition) is 5. The monoisotopic (exact) mass is 331 g/mol. The van der Waals surface area contributed by atoms with Crippen LogP contribution < -0.4 is 14.2 Å². The Morgan fingerprint density at radius 3 is 2.17 bits per heavy atom. The summed E-state index contributed by atoms with van der Waals surface area (Å²) in [5.74, 6) is 1.43. The first-order valence-corrected chi connectivity index (χ1v) is 7.51. The summed E-state index contributed by atoms with van der Waals surface area (Å²) in [7, 11) is 2.93. The van der Waals surface area contributed by atoms with Gasteiger partial charge in [-0.15, -0.1) is 0 Å². The van der Waals surface area contributed by atoms with Gasteiger partial charge < -0.3 is 14.2 Å². The van der Waals surface area contributed by atoms with Crippen LogP contribution in [0.2, 0.25) is 0 Å². The predicted molar refractivity (Wildman–Crippen MR) is 91.2 cm³/mol. The normalized spacial score (nSPS) is 11.7. The van der Waals surface area contributed by atoms with Crippen molar-refractivity contribution < 1.29 is 19.1 Å². The number of rotatable bonds is 6. The fourth-order valence-corrected chi connectivity index (χ4v) is 2.55. The van der Waals surface area contributed by atoms with Crippen molar-refractivity contribution in [2.45, 2.75) is 26.9 Å². The van der Waals surface area contributed by atoms with Gasteiger partial charge in [0.2, 0.25) is 0 Å². The van der Waals surface area contributed by atoms with E-state index in [1.54, 1.807) is 13.0 Å². The molecule has 0 aliphatic rings. The van der Waals surface area contributed by atoms with Gasteiger partial charge in [-0.3, -0.25) is 10.1 Å². The average molecular weight is 331 g/mol. The quantitative estimate of drug-likeness (QED) is 0.580. The molecule has 128 valence electrons. The number of ether oxygens (including phenoxy) is 3. The first-order valence-electron chi connectivity index (χ1n) is 7.51. The van der Waals surface area contributed by atoms with E-state index >= 15 is 0 Å². The van der Waals surface area contributed by atoms with Gasteiger partial charge in [0.25, 0.3) is 5.69 Å². The Bertz CT molecular complexity index is 757. The van der Waals surface area contributed by atoms with Gasteiger partial charge in [-0.25, -0.2) is 0 Å². The summed E-state index contributed by atoms with van der Waals surface area (Å²) in [6.45, 7) is 5.71. The van der Waals surface area contributed by atoms with E-state index in [1.165, 1.54) is 20.3 Å². The number of aryl methyl sites for hydroxylation is 2. The topological polar surface area (TPSA) is 70.8 Å². The molecule has 0 saturated heterocycles. The molecule has 6 heteroatoms. The third-order valence-corrected chi connectivity index (χ3v) is 3.80. The van der Waals surface area contributed by atoms with Crippen molar-refractivity contribution in [3.63, 3.8) is 0 Å². The molecule has 0 N–H and O–H groups in total. The molecule has 0 bridgehead atoms. The Morgan fingerprint density at radius 2 is 1.62 bits per heavy atom. The predicted octanol–water partition coefficient (Wildman–Crippen LogP) is 4.37. The summed E-state index contributed by atoms with van der Waals surface area (Å²) >= 11 is 0. The second-order valence-electron chi connectivity index (χ2n) is 5.55. The van der Waals surface area contributed by atoms with Crippen LogP contribution in [0.15, 0.2) is 30.3 Å². The number of nitro benzene ring substituents is 1. The minimum Gasteiger partial charge on any atom is -0.493 e. The Morgan fingerprint density at radius 1 is 1.00 bits per heavy atom. The SMILES string of the molecule is COc1cc(C(C)Oc2ccc(C)cc2C)c([N+](=O)[O-])cc1OC. The first kappa shape index (κ1) is 17.6. The van der Waals surface area contributed by atoms with E-state index in [0.717, 1.165) is 11.1 Å². The summed E-state index contributed by atoms with van der Waals surface area (Å²) in [4.78, 5) is 11.0. The second kappa shape index (κ2) is 7.21. The van der Waals surface area contributed by atoms with Crippen LogP contribution in [-0.2, 0) is 0 Å². The number of hydrogen-bond donors (Lipinski definition) is 0. The van der Waals surface area contributed by atoms with E-state index in [2.05, 4.69) is 0 Å². The van der Waals surface area contributed by atoms with E-state index in [0.29, 0.717) is 22.8 Å². The van der Waals surface area contributed by atoms with Crippen molar-refractivity contribution in [1.82, 2.24) is 0 Å². The van der Waals surface area contributed by atoms with Crippen molar-refractivity contribution in [1.29, 1.82) is 0 Å². The maximum atomic E-state index is 11.4. The van der Waals surface area contributed by atoms with Crippen LogP contribution in [0.25, 0.3) is 0 Å². The van der Waals surface area contributed by atoms with E-state index < -0.39 is 11.0 Å². The Balaban J connectivity index is 2.43. The van der Waals surface area contributed by atoms with Crippen molar-refractivity contribution >= 4 is 5.69 Å². The molecule has 0 amide bonds. The molecule has 0 aromatic heterocycles. The molecular weight excluding hydrogens is 310 g/mol.